The minimum Gasteiger partial charge on any atom is -0.489 e. The molecule has 2 aliphatic rings. The van der Waals surface area contributed by atoms with Gasteiger partial charge in [0.1, 0.15) is 10.8 Å². The van der Waals surface area contributed by atoms with Gasteiger partial charge in [-0.1, -0.05) is 29.8 Å². The van der Waals surface area contributed by atoms with Gasteiger partial charge in [-0.3, -0.25) is 14.5 Å². The predicted molar refractivity (Wildman–Crippen MR) is 191 cm³/mol. The second kappa shape index (κ2) is 15.7. The molecule has 2 saturated heterocycles. The predicted octanol–water partition coefficient (Wildman–Crippen LogP) is 5.63. The highest BCUT2D eigenvalue weighted by atomic mass is 35.5. The number of benzene rings is 2. The summed E-state index contributed by atoms with van der Waals surface area (Å²) in [5.41, 5.74) is 1.85. The molecule has 2 aliphatic heterocycles. The SMILES string of the molecule is CC(C)Oc1cc(CN(C=O)C2CCN(C(=O)C3CCCN3C)CC2)ccc1Nc1ncc(Cl)c(Nc2ccccc2S(=O)(=O)C(C)C)n1. The highest BCUT2D eigenvalue weighted by Gasteiger charge is 2.34. The molecule has 1 atom stereocenters. The molecule has 0 bridgehead atoms. The molecule has 264 valence electrons. The Kier molecular flexibility index (Phi) is 11.7. The van der Waals surface area contributed by atoms with E-state index in [1.165, 1.54) is 6.20 Å². The maximum absolute atomic E-state index is 13.1. The van der Waals surface area contributed by atoms with Crippen LogP contribution >= 0.6 is 11.6 Å². The first-order valence-corrected chi connectivity index (χ1v) is 18.7. The molecule has 1 unspecified atom stereocenters. The lowest BCUT2D eigenvalue weighted by atomic mass is 10.0. The van der Waals surface area contributed by atoms with Crippen LogP contribution in [0.2, 0.25) is 5.02 Å². The normalized spacial score (nSPS) is 17.4. The van der Waals surface area contributed by atoms with Gasteiger partial charge in [-0.15, -0.1) is 0 Å². The number of nitrogens with one attached hydrogen (secondary N) is 2. The Hall–Kier alpha value is -3.94. The van der Waals surface area contributed by atoms with E-state index < -0.39 is 15.1 Å². The van der Waals surface area contributed by atoms with Gasteiger partial charge in [0, 0.05) is 25.7 Å². The Bertz CT molecular complexity index is 1750. The smallest absolute Gasteiger partial charge is 0.239 e. The van der Waals surface area contributed by atoms with Crippen molar-refractivity contribution in [3.05, 3.63) is 59.2 Å². The van der Waals surface area contributed by atoms with Crippen LogP contribution in [0.15, 0.2) is 53.6 Å². The Morgan fingerprint density at radius 1 is 1.06 bits per heavy atom. The highest BCUT2D eigenvalue weighted by molar-refractivity contribution is 7.92. The number of sulfone groups is 1. The molecule has 2 aromatic carbocycles. The number of nitrogens with zero attached hydrogens (tertiary/aromatic N) is 5. The standard InChI is InChI=1S/C35H46ClN7O5S/c1-23(2)48-31-19-25(21-43(22-44)26-14-17-42(18-15-26)34(45)30-10-8-16-41(30)5)12-13-28(31)39-35-37-20-27(36)33(40-35)38-29-9-6-7-11-32(29)49(46,47)24(3)4/h6-7,9,11-13,19-20,22-24,26,30H,8,10,14-18,21H2,1-5H3,(H2,37,38,39,40). The molecule has 14 heteroatoms. The van der Waals surface area contributed by atoms with Gasteiger partial charge >= 0.3 is 0 Å². The number of aromatic nitrogens is 2. The van der Waals surface area contributed by atoms with Gasteiger partial charge < -0.3 is 25.2 Å². The molecule has 0 saturated carbocycles. The number of carbonyl (C=O) groups excluding carboxylic acids is 2. The molecule has 2 N–H and O–H groups in total. The van der Waals surface area contributed by atoms with Crippen LogP contribution in [-0.2, 0) is 26.0 Å². The van der Waals surface area contributed by atoms with E-state index in [2.05, 4.69) is 25.5 Å². The van der Waals surface area contributed by atoms with E-state index in [0.717, 1.165) is 44.2 Å². The fraction of sp³-hybridized carbons (Fsp3) is 0.486. The first-order chi connectivity index (χ1) is 23.4. The summed E-state index contributed by atoms with van der Waals surface area (Å²) in [5, 5.41) is 5.88. The average molecular weight is 712 g/mol. The number of piperidine rings is 1. The summed E-state index contributed by atoms with van der Waals surface area (Å²) in [7, 11) is -1.56. The van der Waals surface area contributed by atoms with E-state index in [0.29, 0.717) is 36.8 Å². The largest absolute Gasteiger partial charge is 0.489 e. The van der Waals surface area contributed by atoms with Gasteiger partial charge in [-0.25, -0.2) is 13.4 Å². The summed E-state index contributed by atoms with van der Waals surface area (Å²) in [6.07, 6.45) is 5.60. The molecule has 2 fully saturated rings. The van der Waals surface area contributed by atoms with Crippen molar-refractivity contribution in [3.63, 3.8) is 0 Å². The van der Waals surface area contributed by atoms with Gasteiger partial charge in [-0.05, 0) is 96.8 Å². The Morgan fingerprint density at radius 3 is 2.45 bits per heavy atom. The second-order valence-electron chi connectivity index (χ2n) is 13.2. The minimum atomic E-state index is -3.57. The van der Waals surface area contributed by atoms with Crippen molar-refractivity contribution >= 4 is 56.9 Å². The zero-order chi connectivity index (χ0) is 35.3. The van der Waals surface area contributed by atoms with E-state index in [1.54, 1.807) is 38.1 Å². The van der Waals surface area contributed by atoms with E-state index in [4.69, 9.17) is 16.3 Å². The van der Waals surface area contributed by atoms with Gasteiger partial charge in [0.2, 0.25) is 18.3 Å². The lowest BCUT2D eigenvalue weighted by Gasteiger charge is -2.38. The summed E-state index contributed by atoms with van der Waals surface area (Å²) < 4.78 is 32.1. The number of likely N-dealkylation sites (N-methyl/N-ethyl adjacent to an activating group) is 1. The molecule has 0 aliphatic carbocycles. The quantitative estimate of drug-likeness (QED) is 0.215. The highest BCUT2D eigenvalue weighted by Crippen LogP contribution is 2.33. The van der Waals surface area contributed by atoms with Gasteiger partial charge in [0.25, 0.3) is 0 Å². The molecule has 3 aromatic rings. The second-order valence-corrected chi connectivity index (χ2v) is 16.1. The molecule has 1 aromatic heterocycles. The van der Waals surface area contributed by atoms with Crippen molar-refractivity contribution in [2.24, 2.45) is 0 Å². The van der Waals surface area contributed by atoms with Crippen molar-refractivity contribution in [2.75, 3.05) is 37.3 Å². The number of rotatable bonds is 13. The third-order valence-corrected chi connectivity index (χ3v) is 11.5. The van der Waals surface area contributed by atoms with Crippen LogP contribution in [0, 0.1) is 0 Å². The summed E-state index contributed by atoms with van der Waals surface area (Å²) in [5.74, 6) is 1.21. The number of hydrogen-bond donors (Lipinski definition) is 2. The van der Waals surface area contributed by atoms with Crippen molar-refractivity contribution in [3.8, 4) is 5.75 Å². The van der Waals surface area contributed by atoms with E-state index in [1.807, 2.05) is 48.9 Å². The molecular weight excluding hydrogens is 666 g/mol. The van der Waals surface area contributed by atoms with Crippen LogP contribution in [0.1, 0.15) is 58.9 Å². The van der Waals surface area contributed by atoms with E-state index in [9.17, 15) is 18.0 Å². The number of anilines is 4. The van der Waals surface area contributed by atoms with E-state index in [-0.39, 0.29) is 45.8 Å². The van der Waals surface area contributed by atoms with Crippen molar-refractivity contribution < 1.29 is 22.7 Å². The fourth-order valence-electron chi connectivity index (χ4n) is 6.27. The third-order valence-electron chi connectivity index (χ3n) is 9.02. The van der Waals surface area contributed by atoms with Crippen molar-refractivity contribution in [2.45, 2.75) is 88.3 Å². The Labute approximate surface area is 294 Å². The van der Waals surface area contributed by atoms with Crippen molar-refractivity contribution in [1.82, 2.24) is 24.7 Å². The summed E-state index contributed by atoms with van der Waals surface area (Å²) in [6.45, 7) is 9.74. The molecule has 12 nitrogen and oxygen atoms in total. The summed E-state index contributed by atoms with van der Waals surface area (Å²) in [4.78, 5) is 40.3. The maximum atomic E-state index is 13.1. The first kappa shape index (κ1) is 36.3. The topological polar surface area (TPSA) is 137 Å². The lowest BCUT2D eigenvalue weighted by molar-refractivity contribution is -0.137. The van der Waals surface area contributed by atoms with Crippen LogP contribution in [-0.4, -0.2) is 95.5 Å². The van der Waals surface area contributed by atoms with Gasteiger partial charge in [0.15, 0.2) is 15.7 Å². The lowest BCUT2D eigenvalue weighted by Crippen LogP contribution is -2.50. The monoisotopic (exact) mass is 711 g/mol. The molecule has 2 amide bonds. The zero-order valence-corrected chi connectivity index (χ0v) is 30.3. The van der Waals surface area contributed by atoms with Gasteiger partial charge in [-0.2, -0.15) is 4.98 Å². The Balaban J connectivity index is 1.29. The van der Waals surface area contributed by atoms with Crippen LogP contribution in [0.5, 0.6) is 5.75 Å². The first-order valence-electron chi connectivity index (χ1n) is 16.8. The van der Waals surface area contributed by atoms with E-state index >= 15 is 0 Å². The molecular formula is C35H46ClN7O5S. The van der Waals surface area contributed by atoms with Crippen LogP contribution in [0.3, 0.4) is 0 Å². The number of para-hydroxylation sites is 1. The van der Waals surface area contributed by atoms with Crippen LogP contribution in [0.25, 0.3) is 0 Å². The summed E-state index contributed by atoms with van der Waals surface area (Å²) >= 11 is 6.44. The number of carbonyl (C=O) groups is 2. The molecule has 0 radical (unpaired) electrons. The number of ether oxygens (including phenoxy) is 1. The van der Waals surface area contributed by atoms with Crippen molar-refractivity contribution in [1.29, 1.82) is 0 Å². The zero-order valence-electron chi connectivity index (χ0n) is 28.7. The molecule has 0 spiro atoms. The average Bonchev–Trinajstić information content (AvgIpc) is 3.51. The molecule has 5 rings (SSSR count). The van der Waals surface area contributed by atoms with Gasteiger partial charge in [0.05, 0.1) is 39.9 Å². The number of amides is 2. The van der Waals surface area contributed by atoms with Crippen LogP contribution in [0.4, 0.5) is 23.1 Å². The molecule has 49 heavy (non-hydrogen) atoms. The minimum absolute atomic E-state index is 0.0309. The molecule has 3 heterocycles. The van der Waals surface area contributed by atoms with Crippen LogP contribution < -0.4 is 15.4 Å². The number of halogens is 1. The number of likely N-dealkylation sites (tertiary alicyclic amines) is 2. The maximum Gasteiger partial charge on any atom is 0.239 e. The number of hydrogen-bond acceptors (Lipinski definition) is 10. The third kappa shape index (κ3) is 8.63. The fourth-order valence-corrected chi connectivity index (χ4v) is 7.61. The summed E-state index contributed by atoms with van der Waals surface area (Å²) in [6, 6.07) is 12.3. The Morgan fingerprint density at radius 2 is 1.80 bits per heavy atom.